The topological polar surface area (TPSA) is 71.6 Å². The van der Waals surface area contributed by atoms with Crippen LogP contribution in [-0.2, 0) is 32.2 Å². The summed E-state index contributed by atoms with van der Waals surface area (Å²) in [6.45, 7) is 4.35. The van der Waals surface area contributed by atoms with Crippen LogP contribution in [0.3, 0.4) is 0 Å². The number of aryl methyl sites for hydroxylation is 1. The molecule has 0 saturated heterocycles. The molecule has 0 radical (unpaired) electrons. The van der Waals surface area contributed by atoms with Gasteiger partial charge < -0.3 is 9.88 Å². The zero-order valence-electron chi connectivity index (χ0n) is 19.5. The number of nitrogens with one attached hydrogen (secondary N) is 1. The second-order valence-electron chi connectivity index (χ2n) is 8.75. The second-order valence-corrected chi connectivity index (χ2v) is 8.75. The average Bonchev–Trinajstić information content (AvgIpc) is 3.30. The van der Waals surface area contributed by atoms with E-state index in [0.29, 0.717) is 37.3 Å². The lowest BCUT2D eigenvalue weighted by atomic mass is 10.0. The highest BCUT2D eigenvalue weighted by Gasteiger charge is 2.31. The van der Waals surface area contributed by atoms with Gasteiger partial charge in [-0.05, 0) is 30.7 Å². The minimum absolute atomic E-state index is 0.00841. The van der Waals surface area contributed by atoms with E-state index in [1.807, 2.05) is 41.8 Å². The van der Waals surface area contributed by atoms with Crippen LogP contribution in [0.4, 0.5) is 18.9 Å². The van der Waals surface area contributed by atoms with Crippen LogP contribution in [0.1, 0.15) is 39.7 Å². The lowest BCUT2D eigenvalue weighted by Gasteiger charge is -2.30. The summed E-state index contributed by atoms with van der Waals surface area (Å²) < 4.78 is 42.3. The SMILES string of the molecule is CCn1c2c(c(=O)n3ncc(C(=O)Nc4cccc(C(F)(F)F)c4)c13)CN(Cc1ccccc1)CC2. The molecule has 10 heteroatoms. The first-order chi connectivity index (χ1) is 17.3. The predicted molar refractivity (Wildman–Crippen MR) is 129 cm³/mol. The van der Waals surface area contributed by atoms with Crippen LogP contribution in [0.25, 0.3) is 5.65 Å². The van der Waals surface area contributed by atoms with E-state index in [4.69, 9.17) is 0 Å². The molecule has 2 aromatic carbocycles. The fourth-order valence-corrected chi connectivity index (χ4v) is 4.75. The predicted octanol–water partition coefficient (Wildman–Crippen LogP) is 4.35. The summed E-state index contributed by atoms with van der Waals surface area (Å²) in [7, 11) is 0. The molecule has 4 aromatic rings. The van der Waals surface area contributed by atoms with Crippen LogP contribution in [0.2, 0.25) is 0 Å². The van der Waals surface area contributed by atoms with Crippen molar-refractivity contribution in [3.63, 3.8) is 0 Å². The van der Waals surface area contributed by atoms with Crippen LogP contribution < -0.4 is 10.9 Å². The van der Waals surface area contributed by atoms with Gasteiger partial charge in [-0.1, -0.05) is 36.4 Å². The largest absolute Gasteiger partial charge is 0.416 e. The molecular weight excluding hydrogens is 471 g/mol. The Morgan fingerprint density at radius 2 is 1.89 bits per heavy atom. The first kappa shape index (κ1) is 23.8. The van der Waals surface area contributed by atoms with Gasteiger partial charge in [0.05, 0.1) is 17.3 Å². The van der Waals surface area contributed by atoms with E-state index in [1.165, 1.54) is 22.8 Å². The Bertz CT molecular complexity index is 1490. The maximum atomic E-state index is 13.4. The molecule has 7 nitrogen and oxygen atoms in total. The van der Waals surface area contributed by atoms with Crippen LogP contribution in [-0.4, -0.2) is 31.5 Å². The van der Waals surface area contributed by atoms with E-state index >= 15 is 0 Å². The number of hydrogen-bond donors (Lipinski definition) is 1. The van der Waals surface area contributed by atoms with Gasteiger partial charge in [-0.2, -0.15) is 22.8 Å². The van der Waals surface area contributed by atoms with Crippen molar-refractivity contribution < 1.29 is 18.0 Å². The number of aromatic nitrogens is 3. The summed E-state index contributed by atoms with van der Waals surface area (Å²) in [6, 6.07) is 14.4. The van der Waals surface area contributed by atoms with Crippen molar-refractivity contribution in [3.05, 3.63) is 99.1 Å². The molecule has 0 aliphatic carbocycles. The molecule has 1 amide bonds. The highest BCUT2D eigenvalue weighted by atomic mass is 19.4. The Kier molecular flexibility index (Phi) is 6.13. The number of anilines is 1. The van der Waals surface area contributed by atoms with E-state index in [9.17, 15) is 22.8 Å². The molecule has 1 aliphatic rings. The van der Waals surface area contributed by atoms with Crippen molar-refractivity contribution in [1.82, 2.24) is 19.1 Å². The lowest BCUT2D eigenvalue weighted by Crippen LogP contribution is -2.38. The lowest BCUT2D eigenvalue weighted by molar-refractivity contribution is -0.137. The van der Waals surface area contributed by atoms with E-state index in [1.54, 1.807) is 0 Å². The van der Waals surface area contributed by atoms with Gasteiger partial charge in [0, 0.05) is 44.0 Å². The molecule has 186 valence electrons. The number of carbonyl (C=O) groups is 1. The number of halogens is 3. The zero-order chi connectivity index (χ0) is 25.4. The Hall–Kier alpha value is -3.92. The molecule has 0 saturated carbocycles. The number of rotatable bonds is 5. The zero-order valence-corrected chi connectivity index (χ0v) is 19.5. The van der Waals surface area contributed by atoms with Crippen LogP contribution in [0.15, 0.2) is 65.6 Å². The first-order valence-electron chi connectivity index (χ1n) is 11.6. The average molecular weight is 496 g/mol. The van der Waals surface area contributed by atoms with Gasteiger partial charge >= 0.3 is 6.18 Å². The Morgan fingerprint density at radius 1 is 1.11 bits per heavy atom. The molecule has 5 rings (SSSR count). The molecule has 2 aromatic heterocycles. The summed E-state index contributed by atoms with van der Waals surface area (Å²) in [5, 5.41) is 6.71. The molecular formula is C26H24F3N5O2. The van der Waals surface area contributed by atoms with Crippen LogP contribution >= 0.6 is 0 Å². The minimum Gasteiger partial charge on any atom is -0.329 e. The molecule has 0 unspecified atom stereocenters. The standard InChI is InChI=1S/C26H24F3N5O2/c1-2-33-22-11-12-32(15-17-7-4-3-5-8-17)16-21(22)25(36)34-24(33)20(14-30-34)23(35)31-19-10-6-9-18(13-19)26(27,28)29/h3-10,13-14H,2,11-12,15-16H2,1H3,(H,31,35). The second kappa shape index (κ2) is 9.27. The van der Waals surface area contributed by atoms with E-state index in [0.717, 1.165) is 29.9 Å². The van der Waals surface area contributed by atoms with Crippen LogP contribution in [0, 0.1) is 0 Å². The molecule has 1 aliphatic heterocycles. The number of carbonyl (C=O) groups excluding carboxylic acids is 1. The number of hydrogen-bond acceptors (Lipinski definition) is 4. The quantitative estimate of drug-likeness (QED) is 0.447. The number of benzene rings is 2. The van der Waals surface area contributed by atoms with Gasteiger partial charge in [-0.3, -0.25) is 14.5 Å². The molecule has 0 bridgehead atoms. The van der Waals surface area contributed by atoms with Crippen LogP contribution in [0.5, 0.6) is 0 Å². The highest BCUT2D eigenvalue weighted by molar-refractivity contribution is 6.08. The molecule has 36 heavy (non-hydrogen) atoms. The molecule has 1 N–H and O–H groups in total. The van der Waals surface area contributed by atoms with Gasteiger partial charge in [-0.15, -0.1) is 0 Å². The Labute approximate surface area is 204 Å². The number of alkyl halides is 3. The molecule has 0 spiro atoms. The number of fused-ring (bicyclic) bond motifs is 2. The molecule has 3 heterocycles. The fraction of sp³-hybridized carbons (Fsp3) is 0.269. The van der Waals surface area contributed by atoms with Crippen molar-refractivity contribution in [2.45, 2.75) is 39.2 Å². The van der Waals surface area contributed by atoms with Crippen molar-refractivity contribution >= 4 is 17.2 Å². The van der Waals surface area contributed by atoms with Gasteiger partial charge in [0.15, 0.2) is 5.65 Å². The number of amides is 1. The third-order valence-electron chi connectivity index (χ3n) is 6.43. The maximum Gasteiger partial charge on any atom is 0.416 e. The van der Waals surface area contributed by atoms with Gasteiger partial charge in [-0.25, -0.2) is 0 Å². The van der Waals surface area contributed by atoms with E-state index < -0.39 is 17.6 Å². The number of nitrogens with zero attached hydrogens (tertiary/aromatic N) is 4. The Morgan fingerprint density at radius 3 is 2.61 bits per heavy atom. The Balaban J connectivity index is 1.48. The fourth-order valence-electron chi connectivity index (χ4n) is 4.75. The summed E-state index contributed by atoms with van der Waals surface area (Å²) in [5.74, 6) is -0.632. The summed E-state index contributed by atoms with van der Waals surface area (Å²) in [4.78, 5) is 28.7. The normalized spacial score (nSPS) is 14.1. The van der Waals surface area contributed by atoms with Crippen molar-refractivity contribution in [1.29, 1.82) is 0 Å². The van der Waals surface area contributed by atoms with Crippen molar-refractivity contribution in [2.24, 2.45) is 0 Å². The molecule has 0 atom stereocenters. The maximum absolute atomic E-state index is 13.4. The third-order valence-corrected chi connectivity index (χ3v) is 6.43. The van der Waals surface area contributed by atoms with E-state index in [2.05, 4.69) is 15.3 Å². The summed E-state index contributed by atoms with van der Waals surface area (Å²) >= 11 is 0. The summed E-state index contributed by atoms with van der Waals surface area (Å²) in [6.07, 6.45) is -2.61. The van der Waals surface area contributed by atoms with E-state index in [-0.39, 0.29) is 16.8 Å². The van der Waals surface area contributed by atoms with Crippen molar-refractivity contribution in [3.8, 4) is 0 Å². The smallest absolute Gasteiger partial charge is 0.329 e. The molecule has 0 fully saturated rings. The van der Waals surface area contributed by atoms with Gasteiger partial charge in [0.2, 0.25) is 0 Å². The minimum atomic E-state index is -4.53. The van der Waals surface area contributed by atoms with Gasteiger partial charge in [0.25, 0.3) is 11.5 Å². The van der Waals surface area contributed by atoms with Crippen molar-refractivity contribution in [2.75, 3.05) is 11.9 Å². The monoisotopic (exact) mass is 495 g/mol. The third kappa shape index (κ3) is 4.39. The highest BCUT2D eigenvalue weighted by Crippen LogP contribution is 2.31. The summed E-state index contributed by atoms with van der Waals surface area (Å²) in [5.41, 5.74) is 1.97. The first-order valence-corrected chi connectivity index (χ1v) is 11.6. The van der Waals surface area contributed by atoms with Gasteiger partial charge in [0.1, 0.15) is 5.56 Å².